The van der Waals surface area contributed by atoms with Gasteiger partial charge in [0.2, 0.25) is 0 Å². The molecule has 0 aromatic heterocycles. The number of unbranched alkanes of at least 4 members (excludes halogenated alkanes) is 7. The minimum absolute atomic E-state index is 0.534. The Morgan fingerprint density at radius 3 is 1.55 bits per heavy atom. The summed E-state index contributed by atoms with van der Waals surface area (Å²) in [6.07, 6.45) is 15.8. The van der Waals surface area contributed by atoms with E-state index in [1.807, 2.05) is 0 Å². The van der Waals surface area contributed by atoms with Crippen molar-refractivity contribution in [1.82, 2.24) is 0 Å². The first-order valence-electron chi connectivity index (χ1n) is 10.3. The van der Waals surface area contributed by atoms with Crippen LogP contribution in [0.25, 0.3) is 0 Å². The van der Waals surface area contributed by atoms with Crippen molar-refractivity contribution < 1.29 is 0 Å². The molecule has 0 aliphatic rings. The summed E-state index contributed by atoms with van der Waals surface area (Å²) in [4.78, 5) is 0. The largest absolute Gasteiger partial charge is 0.0651 e. The lowest BCUT2D eigenvalue weighted by molar-refractivity contribution is 0.221. The molecule has 0 nitrogen and oxygen atoms in total. The van der Waals surface area contributed by atoms with E-state index in [9.17, 15) is 0 Å². The maximum atomic E-state index is 2.44. The quantitative estimate of drug-likeness (QED) is 0.283. The van der Waals surface area contributed by atoms with Crippen molar-refractivity contribution in [3.63, 3.8) is 0 Å². The third-order valence-electron chi connectivity index (χ3n) is 6.41. The molecule has 0 aromatic rings. The third-order valence-corrected chi connectivity index (χ3v) is 6.41. The van der Waals surface area contributed by atoms with E-state index in [-0.39, 0.29) is 0 Å². The summed E-state index contributed by atoms with van der Waals surface area (Å²) in [5.41, 5.74) is 0.534. The van der Waals surface area contributed by atoms with E-state index < -0.39 is 0 Å². The predicted molar refractivity (Wildman–Crippen MR) is 103 cm³/mol. The minimum Gasteiger partial charge on any atom is -0.0651 e. The molecule has 0 radical (unpaired) electrons. The summed E-state index contributed by atoms with van der Waals surface area (Å²) in [5.74, 6) is 2.65. The van der Waals surface area contributed by atoms with Crippen molar-refractivity contribution in [3.05, 3.63) is 0 Å². The fourth-order valence-electron chi connectivity index (χ4n) is 3.08. The van der Waals surface area contributed by atoms with Gasteiger partial charge in [-0.1, -0.05) is 113 Å². The van der Waals surface area contributed by atoms with Gasteiger partial charge in [-0.3, -0.25) is 0 Å². The highest BCUT2D eigenvalue weighted by atomic mass is 14.3. The van der Waals surface area contributed by atoms with Gasteiger partial charge in [-0.25, -0.2) is 0 Å². The summed E-state index contributed by atoms with van der Waals surface area (Å²) in [7, 11) is 0. The van der Waals surface area contributed by atoms with Crippen LogP contribution in [0.1, 0.15) is 119 Å². The monoisotopic (exact) mass is 310 g/mol. The van der Waals surface area contributed by atoms with E-state index in [4.69, 9.17) is 0 Å². The van der Waals surface area contributed by atoms with E-state index in [1.165, 1.54) is 70.6 Å². The fraction of sp³-hybridized carbons (Fsp3) is 1.00. The highest BCUT2D eigenvalue weighted by Crippen LogP contribution is 2.32. The molecule has 0 saturated carbocycles. The first-order chi connectivity index (χ1) is 10.3. The van der Waals surface area contributed by atoms with Gasteiger partial charge in [-0.05, 0) is 29.6 Å². The maximum absolute atomic E-state index is 2.44. The smallest absolute Gasteiger partial charge is 0.0331 e. The van der Waals surface area contributed by atoms with Gasteiger partial charge >= 0.3 is 0 Å². The molecule has 0 amide bonds. The van der Waals surface area contributed by atoms with Crippen molar-refractivity contribution in [2.24, 2.45) is 23.2 Å². The van der Waals surface area contributed by atoms with Crippen LogP contribution in [-0.2, 0) is 0 Å². The molecule has 0 spiro atoms. The van der Waals surface area contributed by atoms with E-state index in [0.29, 0.717) is 5.41 Å². The Bertz CT molecular complexity index is 238. The summed E-state index contributed by atoms with van der Waals surface area (Å²) >= 11 is 0. The van der Waals surface area contributed by atoms with E-state index in [0.717, 1.165) is 17.8 Å². The van der Waals surface area contributed by atoms with Crippen LogP contribution in [0.2, 0.25) is 0 Å². The minimum atomic E-state index is 0.534. The Morgan fingerprint density at radius 2 is 1.09 bits per heavy atom. The molecule has 0 aliphatic carbocycles. The van der Waals surface area contributed by atoms with E-state index in [2.05, 4.69) is 48.5 Å². The van der Waals surface area contributed by atoms with Gasteiger partial charge in [0.25, 0.3) is 0 Å². The topological polar surface area (TPSA) is 0 Å². The second-order valence-electron chi connectivity index (χ2n) is 8.87. The molecule has 0 heterocycles. The molecule has 0 aliphatic heterocycles. The van der Waals surface area contributed by atoms with Crippen LogP contribution >= 0.6 is 0 Å². The van der Waals surface area contributed by atoms with Crippen LogP contribution in [0.5, 0.6) is 0 Å². The highest BCUT2D eigenvalue weighted by Gasteiger charge is 2.21. The van der Waals surface area contributed by atoms with Crippen LogP contribution in [0.3, 0.4) is 0 Å². The Morgan fingerprint density at radius 1 is 0.636 bits per heavy atom. The van der Waals surface area contributed by atoms with Crippen LogP contribution < -0.4 is 0 Å². The van der Waals surface area contributed by atoms with E-state index >= 15 is 0 Å². The summed E-state index contributed by atoms with van der Waals surface area (Å²) in [6, 6.07) is 0. The third kappa shape index (κ3) is 10.7. The molecule has 0 aromatic carbocycles. The van der Waals surface area contributed by atoms with Crippen molar-refractivity contribution in [2.75, 3.05) is 0 Å². The predicted octanol–water partition coefficient (Wildman–Crippen LogP) is 8.25. The first-order valence-corrected chi connectivity index (χ1v) is 10.3. The molecule has 22 heavy (non-hydrogen) atoms. The lowest BCUT2D eigenvalue weighted by Crippen LogP contribution is -2.18. The van der Waals surface area contributed by atoms with Crippen molar-refractivity contribution in [1.29, 1.82) is 0 Å². The van der Waals surface area contributed by atoms with Crippen LogP contribution in [-0.4, -0.2) is 0 Å². The molecule has 2 unspecified atom stereocenters. The fourth-order valence-corrected chi connectivity index (χ4v) is 3.08. The molecule has 0 heteroatoms. The van der Waals surface area contributed by atoms with Gasteiger partial charge in [0.1, 0.15) is 0 Å². The Kier molecular flexibility index (Phi) is 12.4. The second kappa shape index (κ2) is 12.4. The van der Waals surface area contributed by atoms with Gasteiger partial charge in [0.05, 0.1) is 0 Å². The van der Waals surface area contributed by atoms with Crippen LogP contribution in [0.4, 0.5) is 0 Å². The van der Waals surface area contributed by atoms with Crippen molar-refractivity contribution in [2.45, 2.75) is 119 Å². The van der Waals surface area contributed by atoms with Crippen molar-refractivity contribution >= 4 is 0 Å². The van der Waals surface area contributed by atoms with Crippen LogP contribution in [0, 0.1) is 23.2 Å². The molecular weight excluding hydrogens is 264 g/mol. The zero-order valence-corrected chi connectivity index (χ0v) is 17.0. The molecule has 0 bridgehead atoms. The molecule has 0 N–H and O–H groups in total. The molecule has 2 atom stereocenters. The van der Waals surface area contributed by atoms with Gasteiger partial charge in [-0.2, -0.15) is 0 Å². The second-order valence-corrected chi connectivity index (χ2v) is 8.87. The lowest BCUT2D eigenvalue weighted by atomic mass is 9.77. The highest BCUT2D eigenvalue weighted by molar-refractivity contribution is 4.72. The Hall–Kier alpha value is 0. The average molecular weight is 311 g/mol. The van der Waals surface area contributed by atoms with Gasteiger partial charge in [-0.15, -0.1) is 0 Å². The van der Waals surface area contributed by atoms with Gasteiger partial charge < -0.3 is 0 Å². The normalized spacial score (nSPS) is 15.3. The summed E-state index contributed by atoms with van der Waals surface area (Å²) in [6.45, 7) is 16.8. The number of hydrogen-bond donors (Lipinski definition) is 0. The molecule has 0 fully saturated rings. The SMILES string of the molecule is CCC(C)C(C)CCCCCCCCCCC(C)(C)C(C)C. The van der Waals surface area contributed by atoms with Gasteiger partial charge in [0, 0.05) is 0 Å². The number of rotatable bonds is 14. The van der Waals surface area contributed by atoms with Crippen molar-refractivity contribution in [3.8, 4) is 0 Å². The molecule has 0 rings (SSSR count). The standard InChI is InChI=1S/C22H46/c1-8-20(4)21(5)17-15-13-11-9-10-12-14-16-18-22(6,7)19(2)3/h19-21H,8-18H2,1-7H3. The Labute approximate surface area is 142 Å². The zero-order chi connectivity index (χ0) is 17.0. The number of hydrogen-bond acceptors (Lipinski definition) is 0. The van der Waals surface area contributed by atoms with Gasteiger partial charge in [0.15, 0.2) is 0 Å². The molecular formula is C22H46. The first kappa shape index (κ1) is 22.0. The summed E-state index contributed by atoms with van der Waals surface area (Å²) in [5, 5.41) is 0. The van der Waals surface area contributed by atoms with Crippen LogP contribution in [0.15, 0.2) is 0 Å². The van der Waals surface area contributed by atoms with E-state index in [1.54, 1.807) is 0 Å². The molecule has 0 saturated heterocycles. The lowest BCUT2D eigenvalue weighted by Gasteiger charge is -2.29. The average Bonchev–Trinajstić information content (AvgIpc) is 2.47. The Balaban J connectivity index is 3.34. The maximum Gasteiger partial charge on any atom is -0.0331 e. The summed E-state index contributed by atoms with van der Waals surface area (Å²) < 4.78 is 0. The zero-order valence-electron chi connectivity index (χ0n) is 17.0. The molecule has 134 valence electrons.